The van der Waals surface area contributed by atoms with Crippen LogP contribution in [0.2, 0.25) is 0 Å². The smallest absolute Gasteiger partial charge is 0.0969 e. The monoisotopic (exact) mass is 262 g/mol. The van der Waals surface area contributed by atoms with Gasteiger partial charge in [0.1, 0.15) is 0 Å². The highest BCUT2D eigenvalue weighted by Gasteiger charge is 2.07. The van der Waals surface area contributed by atoms with Gasteiger partial charge in [0.25, 0.3) is 0 Å². The molecule has 1 heterocycles. The SMILES string of the molecule is CCCSc1ccc(C(O)Cn2ccnc2)cc1. The summed E-state index contributed by atoms with van der Waals surface area (Å²) in [5.41, 5.74) is 0.949. The predicted molar refractivity (Wildman–Crippen MR) is 74.6 cm³/mol. The van der Waals surface area contributed by atoms with Gasteiger partial charge in [-0.05, 0) is 29.9 Å². The maximum Gasteiger partial charge on any atom is 0.0969 e. The third-order valence-corrected chi connectivity index (χ3v) is 3.90. The summed E-state index contributed by atoms with van der Waals surface area (Å²) < 4.78 is 1.88. The highest BCUT2D eigenvalue weighted by Crippen LogP contribution is 2.22. The van der Waals surface area contributed by atoms with Crippen molar-refractivity contribution < 1.29 is 5.11 Å². The van der Waals surface area contributed by atoms with Gasteiger partial charge in [0.05, 0.1) is 19.0 Å². The Morgan fingerprint density at radius 2 is 2.11 bits per heavy atom. The molecule has 0 saturated carbocycles. The van der Waals surface area contributed by atoms with Crippen LogP contribution in [0.1, 0.15) is 25.0 Å². The summed E-state index contributed by atoms with van der Waals surface area (Å²) in [7, 11) is 0. The van der Waals surface area contributed by atoms with E-state index in [1.54, 1.807) is 12.5 Å². The Hall–Kier alpha value is -1.26. The molecule has 1 aromatic heterocycles. The quantitative estimate of drug-likeness (QED) is 0.813. The van der Waals surface area contributed by atoms with E-state index in [0.717, 1.165) is 11.3 Å². The minimum atomic E-state index is -0.482. The van der Waals surface area contributed by atoms with Crippen LogP contribution >= 0.6 is 11.8 Å². The zero-order valence-electron chi connectivity index (χ0n) is 10.5. The largest absolute Gasteiger partial charge is 0.387 e. The lowest BCUT2D eigenvalue weighted by Crippen LogP contribution is -2.06. The average Bonchev–Trinajstić information content (AvgIpc) is 2.89. The van der Waals surface area contributed by atoms with Gasteiger partial charge in [-0.2, -0.15) is 0 Å². The molecule has 0 fully saturated rings. The molecule has 0 saturated heterocycles. The van der Waals surface area contributed by atoms with Crippen molar-refractivity contribution in [3.8, 4) is 0 Å². The fourth-order valence-electron chi connectivity index (χ4n) is 1.71. The van der Waals surface area contributed by atoms with Crippen LogP contribution in [-0.2, 0) is 6.54 Å². The Kier molecular flexibility index (Phi) is 4.84. The summed E-state index contributed by atoms with van der Waals surface area (Å²) in [6, 6.07) is 8.15. The van der Waals surface area contributed by atoms with Crippen LogP contribution in [0, 0.1) is 0 Å². The minimum Gasteiger partial charge on any atom is -0.387 e. The first kappa shape index (κ1) is 13.2. The number of thioether (sulfide) groups is 1. The molecule has 0 aliphatic carbocycles. The lowest BCUT2D eigenvalue weighted by Gasteiger charge is -2.12. The Morgan fingerprint density at radius 3 is 2.72 bits per heavy atom. The Balaban J connectivity index is 1.96. The Labute approximate surface area is 112 Å². The zero-order chi connectivity index (χ0) is 12.8. The number of nitrogens with zero attached hydrogens (tertiary/aromatic N) is 2. The zero-order valence-corrected chi connectivity index (χ0v) is 11.3. The van der Waals surface area contributed by atoms with Crippen LogP contribution in [0.4, 0.5) is 0 Å². The van der Waals surface area contributed by atoms with Crippen LogP contribution in [0.15, 0.2) is 47.9 Å². The molecule has 18 heavy (non-hydrogen) atoms. The summed E-state index contributed by atoms with van der Waals surface area (Å²) in [5.74, 6) is 1.14. The van der Waals surface area contributed by atoms with E-state index in [1.165, 1.54) is 11.3 Å². The van der Waals surface area contributed by atoms with Gasteiger partial charge in [-0.15, -0.1) is 11.8 Å². The lowest BCUT2D eigenvalue weighted by atomic mass is 10.1. The van der Waals surface area contributed by atoms with Gasteiger partial charge in [-0.1, -0.05) is 19.1 Å². The molecule has 4 heteroatoms. The number of benzene rings is 1. The summed E-state index contributed by atoms with van der Waals surface area (Å²) in [6.07, 6.45) is 5.99. The van der Waals surface area contributed by atoms with Crippen LogP contribution < -0.4 is 0 Å². The molecule has 2 aromatic rings. The number of hydrogen-bond donors (Lipinski definition) is 1. The van der Waals surface area contributed by atoms with Gasteiger partial charge in [-0.25, -0.2) is 4.98 Å². The molecule has 0 amide bonds. The Morgan fingerprint density at radius 1 is 1.33 bits per heavy atom. The molecule has 0 spiro atoms. The normalized spacial score (nSPS) is 12.6. The van der Waals surface area contributed by atoms with Crippen LogP contribution in [0.5, 0.6) is 0 Å². The molecule has 0 aliphatic rings. The second kappa shape index (κ2) is 6.61. The fraction of sp³-hybridized carbons (Fsp3) is 0.357. The van der Waals surface area contributed by atoms with E-state index in [1.807, 2.05) is 34.7 Å². The van der Waals surface area contributed by atoms with E-state index < -0.39 is 6.10 Å². The number of imidazole rings is 1. The first-order chi connectivity index (χ1) is 8.79. The van der Waals surface area contributed by atoms with Crippen molar-refractivity contribution in [2.75, 3.05) is 5.75 Å². The molecule has 2 rings (SSSR count). The topological polar surface area (TPSA) is 38.0 Å². The van der Waals surface area contributed by atoms with Gasteiger partial charge in [-0.3, -0.25) is 0 Å². The molecule has 96 valence electrons. The molecular formula is C14H18N2OS. The van der Waals surface area contributed by atoms with Gasteiger partial charge in [0.15, 0.2) is 0 Å². The molecule has 1 N–H and O–H groups in total. The van der Waals surface area contributed by atoms with Crippen molar-refractivity contribution in [3.63, 3.8) is 0 Å². The summed E-state index contributed by atoms with van der Waals surface area (Å²) in [6.45, 7) is 2.72. The Bertz CT molecular complexity index is 453. The van der Waals surface area contributed by atoms with Crippen LogP contribution in [-0.4, -0.2) is 20.4 Å². The van der Waals surface area contributed by atoms with Crippen molar-refractivity contribution in [2.45, 2.75) is 30.9 Å². The predicted octanol–water partition coefficient (Wildman–Crippen LogP) is 3.12. The molecular weight excluding hydrogens is 244 g/mol. The lowest BCUT2D eigenvalue weighted by molar-refractivity contribution is 0.156. The summed E-state index contributed by atoms with van der Waals surface area (Å²) >= 11 is 1.85. The number of hydrogen-bond acceptors (Lipinski definition) is 3. The van der Waals surface area contributed by atoms with Crippen LogP contribution in [0.3, 0.4) is 0 Å². The molecule has 3 nitrogen and oxygen atoms in total. The standard InChI is InChI=1S/C14H18N2OS/c1-2-9-18-13-5-3-12(4-6-13)14(17)10-16-8-7-15-11-16/h3-8,11,14,17H,2,9-10H2,1H3. The van der Waals surface area contributed by atoms with E-state index in [9.17, 15) is 5.11 Å². The van der Waals surface area contributed by atoms with E-state index in [0.29, 0.717) is 6.54 Å². The number of rotatable bonds is 6. The minimum absolute atomic E-state index is 0.482. The second-order valence-electron chi connectivity index (χ2n) is 4.19. The van der Waals surface area contributed by atoms with Crippen molar-refractivity contribution in [2.24, 2.45) is 0 Å². The highest BCUT2D eigenvalue weighted by molar-refractivity contribution is 7.99. The van der Waals surface area contributed by atoms with E-state index in [4.69, 9.17) is 0 Å². The molecule has 0 radical (unpaired) electrons. The summed E-state index contributed by atoms with van der Waals surface area (Å²) in [5, 5.41) is 10.1. The van der Waals surface area contributed by atoms with Crippen molar-refractivity contribution in [1.29, 1.82) is 0 Å². The molecule has 1 atom stereocenters. The summed E-state index contributed by atoms with van der Waals surface area (Å²) in [4.78, 5) is 5.22. The first-order valence-corrected chi connectivity index (χ1v) is 7.14. The van der Waals surface area contributed by atoms with Crippen LogP contribution in [0.25, 0.3) is 0 Å². The third-order valence-electron chi connectivity index (χ3n) is 2.68. The van der Waals surface area contributed by atoms with Crippen molar-refractivity contribution in [3.05, 3.63) is 48.5 Å². The third kappa shape index (κ3) is 3.62. The fourth-order valence-corrected chi connectivity index (χ4v) is 2.47. The maximum atomic E-state index is 10.1. The van der Waals surface area contributed by atoms with E-state index >= 15 is 0 Å². The molecule has 0 bridgehead atoms. The first-order valence-electron chi connectivity index (χ1n) is 6.16. The number of aliphatic hydroxyl groups excluding tert-OH is 1. The number of aliphatic hydroxyl groups is 1. The molecule has 1 aromatic carbocycles. The van der Waals surface area contributed by atoms with Crippen molar-refractivity contribution in [1.82, 2.24) is 9.55 Å². The molecule has 1 unspecified atom stereocenters. The van der Waals surface area contributed by atoms with Gasteiger partial charge < -0.3 is 9.67 Å². The van der Waals surface area contributed by atoms with Crippen molar-refractivity contribution >= 4 is 11.8 Å². The second-order valence-corrected chi connectivity index (χ2v) is 5.36. The van der Waals surface area contributed by atoms with Gasteiger partial charge in [0, 0.05) is 17.3 Å². The number of aromatic nitrogens is 2. The van der Waals surface area contributed by atoms with Gasteiger partial charge >= 0.3 is 0 Å². The van der Waals surface area contributed by atoms with E-state index in [2.05, 4.69) is 24.0 Å². The average molecular weight is 262 g/mol. The highest BCUT2D eigenvalue weighted by atomic mass is 32.2. The maximum absolute atomic E-state index is 10.1. The van der Waals surface area contributed by atoms with Gasteiger partial charge in [0.2, 0.25) is 0 Å². The van der Waals surface area contributed by atoms with E-state index in [-0.39, 0.29) is 0 Å². The molecule has 0 aliphatic heterocycles.